The Morgan fingerprint density at radius 3 is 2.59 bits per heavy atom. The van der Waals surface area contributed by atoms with E-state index in [2.05, 4.69) is 5.32 Å². The third-order valence-corrected chi connectivity index (χ3v) is 5.64. The van der Waals surface area contributed by atoms with Crippen molar-refractivity contribution in [2.75, 3.05) is 13.7 Å². The Kier molecular flexibility index (Phi) is 6.65. The van der Waals surface area contributed by atoms with Crippen molar-refractivity contribution in [2.45, 2.75) is 32.2 Å². The van der Waals surface area contributed by atoms with Gasteiger partial charge in [0.25, 0.3) is 11.5 Å². The molecule has 0 spiro atoms. The van der Waals surface area contributed by atoms with Crippen molar-refractivity contribution < 1.29 is 9.53 Å². The van der Waals surface area contributed by atoms with Gasteiger partial charge in [-0.05, 0) is 37.1 Å². The topological polar surface area (TPSA) is 60.3 Å². The monoisotopic (exact) mass is 384 g/mol. The zero-order valence-electron chi connectivity index (χ0n) is 15.4. The first kappa shape index (κ1) is 19.2. The largest absolute Gasteiger partial charge is 0.495 e. The molecular formula is C21H24N2O3S. The SMILES string of the molecule is COc1cccc2c(=O)n(CCCCCCNC(=O)c3ccccc3)sc12. The number of nitrogens with zero attached hydrogens (tertiary/aromatic N) is 1. The maximum atomic E-state index is 12.4. The lowest BCUT2D eigenvalue weighted by molar-refractivity contribution is 0.0953. The van der Waals surface area contributed by atoms with Crippen molar-refractivity contribution >= 4 is 27.5 Å². The molecule has 142 valence electrons. The van der Waals surface area contributed by atoms with E-state index in [1.54, 1.807) is 7.11 Å². The molecule has 0 radical (unpaired) electrons. The van der Waals surface area contributed by atoms with Gasteiger partial charge < -0.3 is 10.1 Å². The predicted octanol–water partition coefficient (Wildman–Crippen LogP) is 4.06. The number of fused-ring (bicyclic) bond motifs is 1. The molecule has 1 aromatic heterocycles. The summed E-state index contributed by atoms with van der Waals surface area (Å²) >= 11 is 1.47. The highest BCUT2D eigenvalue weighted by atomic mass is 32.1. The van der Waals surface area contributed by atoms with E-state index in [9.17, 15) is 9.59 Å². The molecule has 2 aromatic carbocycles. The highest BCUT2D eigenvalue weighted by Gasteiger charge is 2.11. The maximum Gasteiger partial charge on any atom is 0.268 e. The lowest BCUT2D eigenvalue weighted by atomic mass is 10.2. The van der Waals surface area contributed by atoms with Crippen molar-refractivity contribution in [1.29, 1.82) is 0 Å². The molecule has 3 aromatic rings. The van der Waals surface area contributed by atoms with Gasteiger partial charge in [-0.15, -0.1) is 0 Å². The minimum atomic E-state index is -0.0265. The Morgan fingerprint density at radius 1 is 1.04 bits per heavy atom. The van der Waals surface area contributed by atoms with E-state index in [0.29, 0.717) is 12.1 Å². The molecule has 0 saturated carbocycles. The lowest BCUT2D eigenvalue weighted by Crippen LogP contribution is -2.24. The van der Waals surface area contributed by atoms with Crippen LogP contribution in [-0.4, -0.2) is 23.5 Å². The number of carbonyl (C=O) groups is 1. The van der Waals surface area contributed by atoms with Crippen LogP contribution >= 0.6 is 11.5 Å². The molecule has 0 atom stereocenters. The number of methoxy groups -OCH3 is 1. The number of unbranched alkanes of at least 4 members (excludes halogenated alkanes) is 3. The minimum Gasteiger partial charge on any atom is -0.495 e. The molecule has 0 unspecified atom stereocenters. The number of ether oxygens (including phenoxy) is 1. The summed E-state index contributed by atoms with van der Waals surface area (Å²) in [7, 11) is 1.62. The molecule has 3 rings (SSSR count). The predicted molar refractivity (Wildman–Crippen MR) is 110 cm³/mol. The van der Waals surface area contributed by atoms with Crippen LogP contribution in [0.25, 0.3) is 10.1 Å². The number of nitrogens with one attached hydrogen (secondary N) is 1. The van der Waals surface area contributed by atoms with Gasteiger partial charge in [-0.25, -0.2) is 0 Å². The fourth-order valence-corrected chi connectivity index (χ4v) is 4.12. The molecule has 1 N–H and O–H groups in total. The summed E-state index contributed by atoms with van der Waals surface area (Å²) in [5.74, 6) is 0.726. The van der Waals surface area contributed by atoms with Crippen LogP contribution in [0.4, 0.5) is 0 Å². The van der Waals surface area contributed by atoms with Crippen LogP contribution in [0.1, 0.15) is 36.0 Å². The molecule has 0 bridgehead atoms. The summed E-state index contributed by atoms with van der Waals surface area (Å²) in [5.41, 5.74) is 0.751. The number of carbonyl (C=O) groups excluding carboxylic acids is 1. The zero-order valence-corrected chi connectivity index (χ0v) is 16.3. The van der Waals surface area contributed by atoms with Crippen molar-refractivity contribution in [3.63, 3.8) is 0 Å². The zero-order chi connectivity index (χ0) is 19.1. The maximum absolute atomic E-state index is 12.4. The van der Waals surface area contributed by atoms with Gasteiger partial charge in [0.2, 0.25) is 0 Å². The van der Waals surface area contributed by atoms with Crippen molar-refractivity contribution in [3.8, 4) is 5.75 Å². The summed E-state index contributed by atoms with van der Waals surface area (Å²) in [6.07, 6.45) is 3.94. The third kappa shape index (κ3) is 4.77. The standard InChI is InChI=1S/C21H24N2O3S/c1-26-18-13-9-12-17-19(18)27-23(21(17)25)15-8-3-2-7-14-22-20(24)16-10-5-4-6-11-16/h4-6,9-13H,2-3,7-8,14-15H2,1H3,(H,22,24). The molecule has 27 heavy (non-hydrogen) atoms. The van der Waals surface area contributed by atoms with Crippen molar-refractivity contribution in [2.24, 2.45) is 0 Å². The summed E-state index contributed by atoms with van der Waals surface area (Å²) in [6.45, 7) is 1.39. The van der Waals surface area contributed by atoms with Gasteiger partial charge >= 0.3 is 0 Å². The first-order valence-electron chi connectivity index (χ1n) is 9.21. The smallest absolute Gasteiger partial charge is 0.268 e. The molecule has 6 heteroatoms. The lowest BCUT2D eigenvalue weighted by Gasteiger charge is -2.05. The average molecular weight is 385 g/mol. The van der Waals surface area contributed by atoms with E-state index in [-0.39, 0.29) is 11.5 Å². The summed E-state index contributed by atoms with van der Waals surface area (Å²) in [4.78, 5) is 24.4. The first-order chi connectivity index (χ1) is 13.2. The average Bonchev–Trinajstić information content (AvgIpc) is 3.03. The van der Waals surface area contributed by atoms with E-state index in [1.165, 1.54) is 11.5 Å². The molecule has 0 aliphatic rings. The van der Waals surface area contributed by atoms with E-state index in [1.807, 2.05) is 52.5 Å². The summed E-state index contributed by atoms with van der Waals surface area (Å²) < 4.78 is 8.06. The van der Waals surface area contributed by atoms with Gasteiger partial charge in [-0.1, -0.05) is 48.6 Å². The quantitative estimate of drug-likeness (QED) is 0.566. The molecular weight excluding hydrogens is 360 g/mol. The van der Waals surface area contributed by atoms with E-state index < -0.39 is 0 Å². The number of rotatable bonds is 9. The van der Waals surface area contributed by atoms with Crippen LogP contribution in [-0.2, 0) is 6.54 Å². The number of hydrogen-bond acceptors (Lipinski definition) is 4. The van der Waals surface area contributed by atoms with Crippen LogP contribution in [0, 0.1) is 0 Å². The van der Waals surface area contributed by atoms with Gasteiger partial charge in [-0.3, -0.25) is 13.5 Å². The van der Waals surface area contributed by atoms with E-state index in [0.717, 1.165) is 48.1 Å². The normalized spacial score (nSPS) is 10.9. The van der Waals surface area contributed by atoms with Crippen LogP contribution in [0.15, 0.2) is 53.3 Å². The van der Waals surface area contributed by atoms with Gasteiger partial charge in [0.05, 0.1) is 17.2 Å². The summed E-state index contributed by atoms with van der Waals surface area (Å²) in [6, 6.07) is 14.8. The molecule has 0 fully saturated rings. The second-order valence-electron chi connectivity index (χ2n) is 6.37. The van der Waals surface area contributed by atoms with E-state index in [4.69, 9.17) is 4.74 Å². The molecule has 5 nitrogen and oxygen atoms in total. The Morgan fingerprint density at radius 2 is 1.81 bits per heavy atom. The highest BCUT2D eigenvalue weighted by molar-refractivity contribution is 7.14. The Bertz CT molecular complexity index is 947. The fourth-order valence-electron chi connectivity index (χ4n) is 3.00. The first-order valence-corrected chi connectivity index (χ1v) is 9.98. The number of aryl methyl sites for hydroxylation is 1. The molecule has 1 heterocycles. The molecule has 1 amide bonds. The highest BCUT2D eigenvalue weighted by Crippen LogP contribution is 2.27. The van der Waals surface area contributed by atoms with Crippen LogP contribution in [0.5, 0.6) is 5.75 Å². The van der Waals surface area contributed by atoms with Gasteiger partial charge in [0, 0.05) is 18.7 Å². The Balaban J connectivity index is 1.39. The Labute approximate surface area is 162 Å². The molecule has 0 aliphatic carbocycles. The van der Waals surface area contributed by atoms with Crippen LogP contribution < -0.4 is 15.6 Å². The van der Waals surface area contributed by atoms with Gasteiger partial charge in [0.1, 0.15) is 5.75 Å². The number of aromatic nitrogens is 1. The molecule has 0 aliphatic heterocycles. The third-order valence-electron chi connectivity index (χ3n) is 4.47. The molecule has 0 saturated heterocycles. The number of hydrogen-bond donors (Lipinski definition) is 1. The Hall–Kier alpha value is -2.60. The summed E-state index contributed by atoms with van der Waals surface area (Å²) in [5, 5.41) is 3.67. The number of amides is 1. The van der Waals surface area contributed by atoms with E-state index >= 15 is 0 Å². The van der Waals surface area contributed by atoms with Crippen LogP contribution in [0.2, 0.25) is 0 Å². The second-order valence-corrected chi connectivity index (χ2v) is 7.40. The fraction of sp³-hybridized carbons (Fsp3) is 0.333. The second kappa shape index (κ2) is 9.37. The van der Waals surface area contributed by atoms with Crippen molar-refractivity contribution in [1.82, 2.24) is 9.27 Å². The van der Waals surface area contributed by atoms with Gasteiger partial charge in [0.15, 0.2) is 0 Å². The minimum absolute atomic E-state index is 0.0265. The van der Waals surface area contributed by atoms with Crippen LogP contribution in [0.3, 0.4) is 0 Å². The van der Waals surface area contributed by atoms with Gasteiger partial charge in [-0.2, -0.15) is 0 Å². The van der Waals surface area contributed by atoms with Crippen molar-refractivity contribution in [3.05, 3.63) is 64.4 Å². The number of benzene rings is 2.